The van der Waals surface area contributed by atoms with E-state index in [1.807, 2.05) is 0 Å². The van der Waals surface area contributed by atoms with E-state index in [2.05, 4.69) is 11.3 Å². The van der Waals surface area contributed by atoms with E-state index >= 15 is 0 Å². The van der Waals surface area contributed by atoms with Crippen molar-refractivity contribution in [1.29, 1.82) is 0 Å². The van der Waals surface area contributed by atoms with Gasteiger partial charge in [-0.15, -0.1) is 0 Å². The van der Waals surface area contributed by atoms with Gasteiger partial charge in [0, 0.05) is 6.08 Å². The first-order valence-electron chi connectivity index (χ1n) is 11.1. The van der Waals surface area contributed by atoms with Gasteiger partial charge in [-0.05, 0) is 74.2 Å². The van der Waals surface area contributed by atoms with Crippen LogP contribution in [0.2, 0.25) is 0 Å². The van der Waals surface area contributed by atoms with E-state index in [9.17, 15) is 24.0 Å². The predicted molar refractivity (Wildman–Crippen MR) is 123 cm³/mol. The highest BCUT2D eigenvalue weighted by molar-refractivity contribution is 5.94. The number of rotatable bonds is 9. The van der Waals surface area contributed by atoms with Crippen molar-refractivity contribution in [3.8, 4) is 5.75 Å². The van der Waals surface area contributed by atoms with E-state index in [1.165, 1.54) is 48.5 Å². The Morgan fingerprint density at radius 1 is 0.778 bits per heavy atom. The van der Waals surface area contributed by atoms with Crippen molar-refractivity contribution in [2.24, 2.45) is 5.92 Å². The van der Waals surface area contributed by atoms with Crippen LogP contribution in [0.25, 0.3) is 0 Å². The average Bonchev–Trinajstić information content (AvgIpc) is 2.89. The molecule has 0 spiro atoms. The lowest BCUT2D eigenvalue weighted by atomic mass is 9.87. The number of benzene rings is 2. The molecule has 0 amide bonds. The van der Waals surface area contributed by atoms with Gasteiger partial charge in [-0.3, -0.25) is 4.79 Å². The summed E-state index contributed by atoms with van der Waals surface area (Å²) in [5, 5.41) is 9.05. The fraction of sp³-hybridized carbons (Fsp3) is 0.269. The molecule has 3 rings (SSSR count). The lowest BCUT2D eigenvalue weighted by molar-refractivity contribution is -0.146. The third-order valence-corrected chi connectivity index (χ3v) is 5.51. The summed E-state index contributed by atoms with van der Waals surface area (Å²) in [5.41, 5.74) is 0.610. The normalized spacial score (nSPS) is 16.8. The first-order chi connectivity index (χ1) is 17.3. The van der Waals surface area contributed by atoms with E-state index in [1.54, 1.807) is 0 Å². The van der Waals surface area contributed by atoms with Gasteiger partial charge in [-0.25, -0.2) is 19.2 Å². The highest BCUT2D eigenvalue weighted by Gasteiger charge is 2.28. The highest BCUT2D eigenvalue weighted by Crippen LogP contribution is 2.27. The maximum atomic E-state index is 12.4. The number of carbonyl (C=O) groups is 5. The molecule has 1 fully saturated rings. The summed E-state index contributed by atoms with van der Waals surface area (Å²) in [4.78, 5) is 58.7. The summed E-state index contributed by atoms with van der Waals surface area (Å²) in [6, 6.07) is 11.3. The maximum absolute atomic E-state index is 12.4. The SMILES string of the molecule is C=CC(=O)OCOC(=O)c1ccc(OC(=O)c2ccc(C(=O)OC3CCC(C(=O)O)CC3)cc2)cc1. The molecule has 2 aromatic carbocycles. The minimum atomic E-state index is -0.829. The molecule has 1 N–H and O–H groups in total. The number of carboxylic acids is 1. The smallest absolute Gasteiger partial charge is 0.343 e. The molecule has 1 saturated carbocycles. The molecule has 0 unspecified atom stereocenters. The zero-order valence-electron chi connectivity index (χ0n) is 19.2. The van der Waals surface area contributed by atoms with Crippen molar-refractivity contribution in [2.45, 2.75) is 31.8 Å². The second-order valence-corrected chi connectivity index (χ2v) is 7.93. The molecule has 0 saturated heterocycles. The second-order valence-electron chi connectivity index (χ2n) is 7.93. The molecule has 2 aromatic rings. The van der Waals surface area contributed by atoms with Gasteiger partial charge in [-0.2, -0.15) is 0 Å². The van der Waals surface area contributed by atoms with Gasteiger partial charge in [0.15, 0.2) is 0 Å². The van der Waals surface area contributed by atoms with Gasteiger partial charge in [0.05, 0.1) is 22.6 Å². The highest BCUT2D eigenvalue weighted by atomic mass is 16.7. The molecule has 10 heteroatoms. The Kier molecular flexibility index (Phi) is 8.93. The average molecular weight is 496 g/mol. The number of aliphatic carboxylic acids is 1. The lowest BCUT2D eigenvalue weighted by Gasteiger charge is -2.25. The van der Waals surface area contributed by atoms with Gasteiger partial charge in [0.25, 0.3) is 0 Å². The number of esters is 4. The van der Waals surface area contributed by atoms with Crippen LogP contribution in [0, 0.1) is 5.92 Å². The Morgan fingerprint density at radius 3 is 1.86 bits per heavy atom. The fourth-order valence-electron chi connectivity index (χ4n) is 3.50. The number of carboxylic acid groups (broad SMARTS) is 1. The topological polar surface area (TPSA) is 142 Å². The summed E-state index contributed by atoms with van der Waals surface area (Å²) >= 11 is 0. The summed E-state index contributed by atoms with van der Waals surface area (Å²) in [6.45, 7) is 2.66. The first kappa shape index (κ1) is 26.1. The minimum Gasteiger partial charge on any atom is -0.481 e. The van der Waals surface area contributed by atoms with Crippen LogP contribution in [-0.4, -0.2) is 47.8 Å². The fourth-order valence-corrected chi connectivity index (χ4v) is 3.50. The van der Waals surface area contributed by atoms with Gasteiger partial charge in [0.1, 0.15) is 11.9 Å². The molecule has 10 nitrogen and oxygen atoms in total. The molecule has 0 heterocycles. The van der Waals surface area contributed by atoms with E-state index in [4.69, 9.17) is 19.3 Å². The number of carbonyl (C=O) groups excluding carboxylic acids is 4. The summed E-state index contributed by atoms with van der Waals surface area (Å²) in [7, 11) is 0. The van der Waals surface area contributed by atoms with Crippen LogP contribution in [0.4, 0.5) is 0 Å². The molecule has 0 radical (unpaired) electrons. The van der Waals surface area contributed by atoms with Gasteiger partial charge < -0.3 is 24.1 Å². The second kappa shape index (κ2) is 12.3. The molecule has 188 valence electrons. The number of hydrogen-bond donors (Lipinski definition) is 1. The standard InChI is InChI=1S/C26H24O10/c1-2-22(27)33-15-34-24(30)17-9-13-21(14-10-17)36-26(32)19-5-3-18(4-6-19)25(31)35-20-11-7-16(8-12-20)23(28)29/h2-6,9-10,13-14,16,20H,1,7-8,11-12,15H2,(H,28,29). The van der Waals surface area contributed by atoms with Crippen LogP contribution in [0.1, 0.15) is 56.8 Å². The Morgan fingerprint density at radius 2 is 1.31 bits per heavy atom. The summed E-state index contributed by atoms with van der Waals surface area (Å²) in [5.74, 6) is -3.73. The molecule has 36 heavy (non-hydrogen) atoms. The van der Waals surface area contributed by atoms with E-state index in [0.29, 0.717) is 25.7 Å². The summed E-state index contributed by atoms with van der Waals surface area (Å²) in [6.07, 6.45) is 2.52. The minimum absolute atomic E-state index is 0.156. The van der Waals surface area contributed by atoms with Crippen molar-refractivity contribution in [3.05, 3.63) is 77.9 Å². The molecule has 0 aliphatic heterocycles. The molecule has 1 aliphatic carbocycles. The Labute approximate surface area is 206 Å². The van der Waals surface area contributed by atoms with Crippen molar-refractivity contribution in [2.75, 3.05) is 6.79 Å². The summed E-state index contributed by atoms with van der Waals surface area (Å²) < 4.78 is 20.1. The molecule has 1 aliphatic rings. The van der Waals surface area contributed by atoms with Gasteiger partial charge in [-0.1, -0.05) is 6.58 Å². The predicted octanol–water partition coefficient (Wildman–Crippen LogP) is 3.55. The van der Waals surface area contributed by atoms with Crippen molar-refractivity contribution >= 4 is 29.8 Å². The van der Waals surface area contributed by atoms with Crippen LogP contribution in [0.3, 0.4) is 0 Å². The number of ether oxygens (including phenoxy) is 4. The van der Waals surface area contributed by atoms with E-state index < -0.39 is 42.6 Å². The molecule has 0 bridgehead atoms. The Hall–Kier alpha value is -4.47. The van der Waals surface area contributed by atoms with Crippen LogP contribution < -0.4 is 4.74 Å². The van der Waals surface area contributed by atoms with Crippen molar-refractivity contribution < 1.29 is 48.0 Å². The van der Waals surface area contributed by atoms with Gasteiger partial charge >= 0.3 is 29.8 Å². The van der Waals surface area contributed by atoms with Crippen LogP contribution in [0.5, 0.6) is 5.75 Å². The zero-order valence-corrected chi connectivity index (χ0v) is 19.2. The molecule has 0 aromatic heterocycles. The van der Waals surface area contributed by atoms with Crippen LogP contribution >= 0.6 is 0 Å². The Balaban J connectivity index is 1.49. The zero-order chi connectivity index (χ0) is 26.1. The molecule has 0 atom stereocenters. The van der Waals surface area contributed by atoms with Crippen molar-refractivity contribution in [3.63, 3.8) is 0 Å². The van der Waals surface area contributed by atoms with Crippen molar-refractivity contribution in [1.82, 2.24) is 0 Å². The quantitative estimate of drug-likeness (QED) is 0.237. The monoisotopic (exact) mass is 496 g/mol. The third-order valence-electron chi connectivity index (χ3n) is 5.51. The van der Waals surface area contributed by atoms with E-state index in [0.717, 1.165) is 6.08 Å². The third kappa shape index (κ3) is 7.26. The van der Waals surface area contributed by atoms with Crippen LogP contribution in [-0.2, 0) is 23.8 Å². The van der Waals surface area contributed by atoms with Gasteiger partial charge in [0.2, 0.25) is 6.79 Å². The lowest BCUT2D eigenvalue weighted by Crippen LogP contribution is -2.27. The first-order valence-corrected chi connectivity index (χ1v) is 11.1. The maximum Gasteiger partial charge on any atom is 0.343 e. The van der Waals surface area contributed by atoms with E-state index in [-0.39, 0.29) is 28.5 Å². The molecular formula is C26H24O10. The Bertz CT molecular complexity index is 1130. The van der Waals surface area contributed by atoms with Crippen LogP contribution in [0.15, 0.2) is 61.2 Å². The largest absolute Gasteiger partial charge is 0.481 e. The number of hydrogen-bond acceptors (Lipinski definition) is 9. The molecular weight excluding hydrogens is 472 g/mol.